The number of hydrogen-bond donors (Lipinski definition) is 3. The fourth-order valence-corrected chi connectivity index (χ4v) is 5.65. The van der Waals surface area contributed by atoms with Crippen LogP contribution >= 0.6 is 11.3 Å². The molecule has 1 aromatic heterocycles. The summed E-state index contributed by atoms with van der Waals surface area (Å²) >= 11 is 0.730. The molecule has 0 bridgehead atoms. The van der Waals surface area contributed by atoms with Crippen LogP contribution in [0.5, 0.6) is 5.75 Å². The van der Waals surface area contributed by atoms with Crippen molar-refractivity contribution < 1.29 is 65.6 Å². The first-order valence-corrected chi connectivity index (χ1v) is 15.0. The van der Waals surface area contributed by atoms with E-state index in [9.17, 15) is 47.4 Å². The van der Waals surface area contributed by atoms with Crippen LogP contribution in [0.2, 0.25) is 0 Å². The molecule has 0 radical (unpaired) electrons. The van der Waals surface area contributed by atoms with Crippen LogP contribution in [0.15, 0.2) is 66.0 Å². The summed E-state index contributed by atoms with van der Waals surface area (Å²) in [6.45, 7) is 0.148. The number of nitrogens with zero attached hydrogens (tertiary/aromatic N) is 1. The number of alkyl halides is 3. The van der Waals surface area contributed by atoms with E-state index in [1.807, 2.05) is 0 Å². The van der Waals surface area contributed by atoms with E-state index in [0.717, 1.165) is 46.6 Å². The van der Waals surface area contributed by atoms with Crippen LogP contribution in [0.25, 0.3) is 11.1 Å². The molecule has 0 aliphatic carbocycles. The Morgan fingerprint density at radius 2 is 1.54 bits per heavy atom. The third-order valence-corrected chi connectivity index (χ3v) is 8.36. The number of carbonyl (C=O) groups is 5. The maximum absolute atomic E-state index is 15.9. The second-order valence-electron chi connectivity index (χ2n) is 10.8. The molecule has 4 aromatic rings. The minimum Gasteiger partial charge on any atom is -0.480 e. The van der Waals surface area contributed by atoms with Crippen molar-refractivity contribution in [2.24, 2.45) is 0 Å². The van der Waals surface area contributed by atoms with E-state index in [4.69, 9.17) is 0 Å². The highest BCUT2D eigenvalue weighted by Gasteiger charge is 2.51. The van der Waals surface area contributed by atoms with Gasteiger partial charge in [-0.3, -0.25) is 19.2 Å². The van der Waals surface area contributed by atoms with E-state index in [1.54, 1.807) is 0 Å². The summed E-state index contributed by atoms with van der Waals surface area (Å²) in [6.07, 6.45) is -6.54. The van der Waals surface area contributed by atoms with Crippen molar-refractivity contribution in [3.63, 3.8) is 0 Å². The number of ether oxygens (including phenoxy) is 2. The fraction of sp³-hybridized carbons (Fsp3) is 0.182. The summed E-state index contributed by atoms with van der Waals surface area (Å²) in [7, 11) is 2.38. The second kappa shape index (κ2) is 14.3. The van der Waals surface area contributed by atoms with Gasteiger partial charge in [-0.05, 0) is 47.2 Å². The van der Waals surface area contributed by atoms with Crippen LogP contribution in [0.1, 0.15) is 36.7 Å². The lowest BCUT2D eigenvalue weighted by Gasteiger charge is -2.23. The Morgan fingerprint density at radius 1 is 0.900 bits per heavy atom. The molecule has 0 spiro atoms. The smallest absolute Gasteiger partial charge is 0.480 e. The molecule has 1 heterocycles. The predicted molar refractivity (Wildman–Crippen MR) is 167 cm³/mol. The maximum Gasteiger partial charge on any atom is 0.514 e. The highest BCUT2D eigenvalue weighted by molar-refractivity contribution is 7.10. The van der Waals surface area contributed by atoms with Crippen molar-refractivity contribution >= 4 is 46.9 Å². The zero-order chi connectivity index (χ0) is 37.1. The fourth-order valence-electron chi connectivity index (χ4n) is 4.76. The van der Waals surface area contributed by atoms with Gasteiger partial charge in [0.2, 0.25) is 11.2 Å². The molecule has 0 saturated heterocycles. The molecule has 17 heteroatoms. The Kier molecular flexibility index (Phi) is 10.6. The highest BCUT2D eigenvalue weighted by atomic mass is 32.1. The van der Waals surface area contributed by atoms with Gasteiger partial charge >= 0.3 is 24.3 Å². The van der Waals surface area contributed by atoms with Crippen molar-refractivity contribution in [3.05, 3.63) is 105 Å². The van der Waals surface area contributed by atoms with Crippen LogP contribution in [-0.2, 0) is 25.9 Å². The van der Waals surface area contributed by atoms with Crippen LogP contribution in [-0.4, -0.2) is 65.7 Å². The predicted octanol–water partition coefficient (Wildman–Crippen LogP) is 6.60. The van der Waals surface area contributed by atoms with Crippen LogP contribution in [0.4, 0.5) is 32.4 Å². The van der Waals surface area contributed by atoms with Crippen molar-refractivity contribution in [1.29, 1.82) is 0 Å². The summed E-state index contributed by atoms with van der Waals surface area (Å²) < 4.78 is 79.9. The van der Waals surface area contributed by atoms with E-state index in [0.29, 0.717) is 11.6 Å². The normalized spacial score (nSPS) is 11.4. The van der Waals surface area contributed by atoms with Crippen LogP contribution in [0.3, 0.4) is 0 Å². The van der Waals surface area contributed by atoms with Crippen LogP contribution in [0, 0.1) is 18.6 Å². The third kappa shape index (κ3) is 7.26. The summed E-state index contributed by atoms with van der Waals surface area (Å²) in [5.74, 6) is -10.9. The second-order valence-corrected chi connectivity index (χ2v) is 11.7. The molecule has 0 aliphatic heterocycles. The zero-order valence-electron chi connectivity index (χ0n) is 26.1. The van der Waals surface area contributed by atoms with Gasteiger partial charge in [0.15, 0.2) is 11.6 Å². The minimum atomic E-state index is -4.62. The largest absolute Gasteiger partial charge is 0.514 e. The highest BCUT2D eigenvalue weighted by Crippen LogP contribution is 2.36. The number of aryl methyl sites for hydroxylation is 1. The number of anilines is 1. The molecule has 262 valence electrons. The SMILES string of the molecule is Cc1cccc(-c2ccc(C(F)(F)F)cc2)c1C(=O)Nc1cc(F)c(OC(=O)OCC(C(=O)O)(C(=O)O)c2cccs2)c(F)c1C(=O)N(C)C. The van der Waals surface area contributed by atoms with E-state index < -0.39 is 82.3 Å². The number of aliphatic carboxylic acids is 2. The Hall–Kier alpha value is -5.84. The molecule has 0 saturated carbocycles. The van der Waals surface area contributed by atoms with Gasteiger partial charge in [-0.25, -0.2) is 13.6 Å². The quantitative estimate of drug-likeness (QED) is 0.0711. The number of benzene rings is 3. The Balaban J connectivity index is 1.69. The first kappa shape index (κ1) is 37.0. The van der Waals surface area contributed by atoms with E-state index in [2.05, 4.69) is 14.8 Å². The van der Waals surface area contributed by atoms with E-state index >= 15 is 8.78 Å². The maximum atomic E-state index is 15.9. The van der Waals surface area contributed by atoms with Gasteiger partial charge in [0.05, 0.1) is 16.8 Å². The van der Waals surface area contributed by atoms with Crippen molar-refractivity contribution in [2.45, 2.75) is 18.5 Å². The minimum absolute atomic E-state index is 0.105. The first-order valence-electron chi connectivity index (χ1n) is 14.1. The summed E-state index contributed by atoms with van der Waals surface area (Å²) in [6, 6.07) is 11.3. The molecule has 0 atom stereocenters. The molecule has 11 nitrogen and oxygen atoms in total. The lowest BCUT2D eigenvalue weighted by Crippen LogP contribution is -2.47. The van der Waals surface area contributed by atoms with Gasteiger partial charge in [-0.1, -0.05) is 36.4 Å². The molecule has 50 heavy (non-hydrogen) atoms. The van der Waals surface area contributed by atoms with Gasteiger partial charge in [-0.2, -0.15) is 13.2 Å². The number of amides is 2. The van der Waals surface area contributed by atoms with Gasteiger partial charge in [0.25, 0.3) is 11.8 Å². The molecule has 0 aliphatic rings. The summed E-state index contributed by atoms with van der Waals surface area (Å²) in [5.41, 5.74) is -4.88. The molecular formula is C33H25F5N2O9S. The van der Waals surface area contributed by atoms with Gasteiger partial charge in [-0.15, -0.1) is 11.3 Å². The standard InChI is InChI=1S/C33H25F5N2O9S/c1-16-6-4-7-19(17-9-11-18(12-10-17)33(36,37)38)23(16)27(41)39-21-14-20(34)26(25(35)24(21)28(42)40(2)3)49-31(47)48-15-32(29(43)44,30(45)46)22-8-5-13-50-22/h4-14H,15H2,1-3H3,(H,39,41)(H,43,44)(H,45,46). The van der Waals surface area contributed by atoms with Crippen molar-refractivity contribution in [2.75, 3.05) is 26.0 Å². The number of thiophene rings is 1. The average molecular weight is 721 g/mol. The number of carboxylic acids is 2. The van der Waals surface area contributed by atoms with Gasteiger partial charge < -0.3 is 29.9 Å². The molecule has 4 rings (SSSR count). The first-order chi connectivity index (χ1) is 23.4. The molecule has 3 aromatic carbocycles. The van der Waals surface area contributed by atoms with Crippen molar-refractivity contribution in [3.8, 4) is 16.9 Å². The third-order valence-electron chi connectivity index (χ3n) is 7.33. The number of hydrogen-bond acceptors (Lipinski definition) is 8. The number of nitrogens with one attached hydrogen (secondary N) is 1. The number of halogens is 5. The summed E-state index contributed by atoms with van der Waals surface area (Å²) in [5, 5.41) is 23.0. The number of rotatable bonds is 10. The lowest BCUT2D eigenvalue weighted by atomic mass is 9.87. The molecule has 2 amide bonds. The Bertz CT molecular complexity index is 1960. The number of carbonyl (C=O) groups excluding carboxylic acids is 3. The van der Waals surface area contributed by atoms with E-state index in [-0.39, 0.29) is 21.6 Å². The Labute approximate surface area is 283 Å². The summed E-state index contributed by atoms with van der Waals surface area (Å²) in [4.78, 5) is 63.8. The molecule has 3 N–H and O–H groups in total. The van der Waals surface area contributed by atoms with Gasteiger partial charge in [0, 0.05) is 25.0 Å². The Morgan fingerprint density at radius 3 is 2.08 bits per heavy atom. The molecular weight excluding hydrogens is 695 g/mol. The van der Waals surface area contributed by atoms with Gasteiger partial charge in [0.1, 0.15) is 12.2 Å². The molecule has 0 unspecified atom stereocenters. The van der Waals surface area contributed by atoms with Crippen LogP contribution < -0.4 is 10.1 Å². The van der Waals surface area contributed by atoms with E-state index in [1.165, 1.54) is 50.7 Å². The lowest BCUT2D eigenvalue weighted by molar-refractivity contribution is -0.160. The zero-order valence-corrected chi connectivity index (χ0v) is 26.9. The molecule has 0 fully saturated rings. The van der Waals surface area contributed by atoms with Crippen molar-refractivity contribution in [1.82, 2.24) is 4.90 Å². The number of carboxylic acid groups (broad SMARTS) is 2. The monoisotopic (exact) mass is 720 g/mol. The average Bonchev–Trinajstić information content (AvgIpc) is 3.57. The topological polar surface area (TPSA) is 160 Å².